The molecule has 104 valence electrons. The number of methoxy groups -OCH3 is 2. The van der Waals surface area contributed by atoms with E-state index in [1.54, 1.807) is 25.3 Å². The lowest BCUT2D eigenvalue weighted by atomic mass is 10.1. The molecule has 0 saturated carbocycles. The highest BCUT2D eigenvalue weighted by Crippen LogP contribution is 2.30. The Labute approximate surface area is 111 Å². The number of β-amino-alcohol motifs (C(OH)–C–C–N with tert-alkyl or cyclic N) is 1. The summed E-state index contributed by atoms with van der Waals surface area (Å²) in [7, 11) is 3.08. The minimum atomic E-state index is -0.827. The van der Waals surface area contributed by atoms with Gasteiger partial charge in [-0.25, -0.2) is 4.79 Å². The van der Waals surface area contributed by atoms with E-state index in [2.05, 4.69) is 0 Å². The number of hydrogen-bond donors (Lipinski definition) is 1. The first-order chi connectivity index (χ1) is 9.15. The second kappa shape index (κ2) is 5.79. The van der Waals surface area contributed by atoms with Crippen LogP contribution in [0.2, 0.25) is 0 Å². The molecule has 2 rings (SSSR count). The first-order valence-corrected chi connectivity index (χ1v) is 5.97. The minimum Gasteiger partial charge on any atom is -0.497 e. The van der Waals surface area contributed by atoms with E-state index in [0.29, 0.717) is 30.2 Å². The molecule has 6 heteroatoms. The molecule has 0 bridgehead atoms. The van der Waals surface area contributed by atoms with Crippen molar-refractivity contribution < 1.29 is 24.1 Å². The molecule has 1 N–H and O–H groups in total. The van der Waals surface area contributed by atoms with Crippen molar-refractivity contribution in [1.82, 2.24) is 4.90 Å². The lowest BCUT2D eigenvalue weighted by Crippen LogP contribution is -2.29. The summed E-state index contributed by atoms with van der Waals surface area (Å²) in [6.45, 7) is 1.04. The molecule has 1 fully saturated rings. The molecule has 0 radical (unpaired) electrons. The molecule has 19 heavy (non-hydrogen) atoms. The highest BCUT2D eigenvalue weighted by atomic mass is 16.6. The number of aliphatic hydroxyl groups is 1. The third-order valence-electron chi connectivity index (χ3n) is 3.04. The Balaban J connectivity index is 2.13. The Kier molecular flexibility index (Phi) is 4.11. The van der Waals surface area contributed by atoms with E-state index >= 15 is 0 Å². The van der Waals surface area contributed by atoms with E-state index in [1.165, 1.54) is 12.0 Å². The molecule has 1 amide bonds. The number of carbonyl (C=O) groups is 1. The van der Waals surface area contributed by atoms with Crippen molar-refractivity contribution >= 4 is 6.09 Å². The van der Waals surface area contributed by atoms with Crippen LogP contribution in [0.3, 0.4) is 0 Å². The molecule has 6 nitrogen and oxygen atoms in total. The smallest absolute Gasteiger partial charge is 0.410 e. The number of cyclic esters (lactones) is 1. The summed E-state index contributed by atoms with van der Waals surface area (Å²) in [6.07, 6.45) is -1.22. The van der Waals surface area contributed by atoms with E-state index in [1.807, 2.05) is 0 Å². The Morgan fingerprint density at radius 1 is 1.42 bits per heavy atom. The second-order valence-electron chi connectivity index (χ2n) is 4.18. The largest absolute Gasteiger partial charge is 0.497 e. The fourth-order valence-electron chi connectivity index (χ4n) is 1.99. The molecule has 1 aromatic rings. The van der Waals surface area contributed by atoms with Gasteiger partial charge in [-0.15, -0.1) is 0 Å². The van der Waals surface area contributed by atoms with Crippen molar-refractivity contribution in [3.8, 4) is 11.5 Å². The molecular formula is C13H17NO5. The molecule has 0 spiro atoms. The van der Waals surface area contributed by atoms with Crippen LogP contribution in [0.5, 0.6) is 11.5 Å². The van der Waals surface area contributed by atoms with Gasteiger partial charge in [-0.05, 0) is 12.1 Å². The maximum atomic E-state index is 11.3. The van der Waals surface area contributed by atoms with Crippen LogP contribution in [-0.2, 0) is 4.74 Å². The molecule has 1 aliphatic rings. The zero-order valence-electron chi connectivity index (χ0n) is 11.0. The van der Waals surface area contributed by atoms with Gasteiger partial charge in [0, 0.05) is 11.6 Å². The van der Waals surface area contributed by atoms with Gasteiger partial charge in [0.25, 0.3) is 0 Å². The van der Waals surface area contributed by atoms with Crippen LogP contribution in [-0.4, -0.2) is 50.0 Å². The molecule has 0 aliphatic carbocycles. The van der Waals surface area contributed by atoms with Gasteiger partial charge in [0.05, 0.1) is 27.3 Å². The van der Waals surface area contributed by atoms with Crippen LogP contribution >= 0.6 is 0 Å². The number of hydrogen-bond acceptors (Lipinski definition) is 5. The van der Waals surface area contributed by atoms with Crippen molar-refractivity contribution in [3.05, 3.63) is 23.8 Å². The SMILES string of the molecule is COc1ccc(C(O)CN2CCOC2=O)c(OC)c1. The highest BCUT2D eigenvalue weighted by Gasteiger charge is 2.26. The van der Waals surface area contributed by atoms with Crippen LogP contribution in [0.15, 0.2) is 18.2 Å². The summed E-state index contributed by atoms with van der Waals surface area (Å²) in [5.41, 5.74) is 0.614. The summed E-state index contributed by atoms with van der Waals surface area (Å²) < 4.78 is 15.1. The number of amides is 1. The topological polar surface area (TPSA) is 68.2 Å². The number of benzene rings is 1. The summed E-state index contributed by atoms with van der Waals surface area (Å²) in [6, 6.07) is 5.16. The van der Waals surface area contributed by atoms with Crippen LogP contribution in [0.1, 0.15) is 11.7 Å². The van der Waals surface area contributed by atoms with E-state index in [0.717, 1.165) is 0 Å². The quantitative estimate of drug-likeness (QED) is 0.868. The third kappa shape index (κ3) is 2.90. The highest BCUT2D eigenvalue weighted by molar-refractivity contribution is 5.69. The Hall–Kier alpha value is -1.95. The summed E-state index contributed by atoms with van der Waals surface area (Å²) >= 11 is 0. The van der Waals surface area contributed by atoms with Crippen LogP contribution in [0.25, 0.3) is 0 Å². The Morgan fingerprint density at radius 2 is 2.21 bits per heavy atom. The summed E-state index contributed by atoms with van der Waals surface area (Å²) in [5.74, 6) is 1.17. The van der Waals surface area contributed by atoms with Gasteiger partial charge in [0.15, 0.2) is 0 Å². The minimum absolute atomic E-state index is 0.182. The van der Waals surface area contributed by atoms with E-state index in [4.69, 9.17) is 14.2 Å². The molecule has 1 aliphatic heterocycles. The zero-order chi connectivity index (χ0) is 13.8. The molecule has 1 atom stereocenters. The fraction of sp³-hybridized carbons (Fsp3) is 0.462. The van der Waals surface area contributed by atoms with Crippen molar-refractivity contribution in [1.29, 1.82) is 0 Å². The maximum Gasteiger partial charge on any atom is 0.410 e. The number of ether oxygens (including phenoxy) is 3. The van der Waals surface area contributed by atoms with Crippen molar-refractivity contribution in [2.24, 2.45) is 0 Å². The predicted molar refractivity (Wildman–Crippen MR) is 67.4 cm³/mol. The number of aliphatic hydroxyl groups excluding tert-OH is 1. The maximum absolute atomic E-state index is 11.3. The lowest BCUT2D eigenvalue weighted by Gasteiger charge is -2.20. The number of nitrogens with zero attached hydrogens (tertiary/aromatic N) is 1. The molecule has 0 aromatic heterocycles. The Morgan fingerprint density at radius 3 is 2.79 bits per heavy atom. The summed E-state index contributed by atoms with van der Waals surface area (Å²) in [5, 5.41) is 10.2. The van der Waals surface area contributed by atoms with Crippen LogP contribution in [0.4, 0.5) is 4.79 Å². The molecular weight excluding hydrogens is 250 g/mol. The van der Waals surface area contributed by atoms with Gasteiger partial charge in [0.1, 0.15) is 24.2 Å². The van der Waals surface area contributed by atoms with Gasteiger partial charge in [-0.2, -0.15) is 0 Å². The van der Waals surface area contributed by atoms with Gasteiger partial charge >= 0.3 is 6.09 Å². The number of rotatable bonds is 5. The predicted octanol–water partition coefficient (Wildman–Crippen LogP) is 1.19. The lowest BCUT2D eigenvalue weighted by molar-refractivity contribution is 0.117. The number of carbonyl (C=O) groups excluding carboxylic acids is 1. The van der Waals surface area contributed by atoms with Crippen molar-refractivity contribution in [3.63, 3.8) is 0 Å². The standard InChI is InChI=1S/C13H17NO5/c1-17-9-3-4-10(12(7-9)18-2)11(15)8-14-5-6-19-13(14)16/h3-4,7,11,15H,5-6,8H2,1-2H3. The monoisotopic (exact) mass is 267 g/mol. The normalized spacial score (nSPS) is 16.2. The van der Waals surface area contributed by atoms with E-state index in [-0.39, 0.29) is 6.54 Å². The fourth-order valence-corrected chi connectivity index (χ4v) is 1.99. The zero-order valence-corrected chi connectivity index (χ0v) is 11.0. The van der Waals surface area contributed by atoms with Gasteiger partial charge in [-0.3, -0.25) is 0 Å². The third-order valence-corrected chi connectivity index (χ3v) is 3.04. The van der Waals surface area contributed by atoms with Crippen molar-refractivity contribution in [2.75, 3.05) is 33.9 Å². The summed E-state index contributed by atoms with van der Waals surface area (Å²) in [4.78, 5) is 12.8. The van der Waals surface area contributed by atoms with Crippen LogP contribution < -0.4 is 9.47 Å². The van der Waals surface area contributed by atoms with Crippen molar-refractivity contribution in [2.45, 2.75) is 6.10 Å². The van der Waals surface area contributed by atoms with Crippen LogP contribution in [0, 0.1) is 0 Å². The molecule has 1 unspecified atom stereocenters. The van der Waals surface area contributed by atoms with E-state index < -0.39 is 12.2 Å². The first kappa shape index (κ1) is 13.5. The Bertz CT molecular complexity index is 462. The average Bonchev–Trinajstić information content (AvgIpc) is 2.83. The average molecular weight is 267 g/mol. The molecule has 1 heterocycles. The molecule has 1 saturated heterocycles. The second-order valence-corrected chi connectivity index (χ2v) is 4.18. The van der Waals surface area contributed by atoms with E-state index in [9.17, 15) is 9.90 Å². The van der Waals surface area contributed by atoms with Gasteiger partial charge in [0.2, 0.25) is 0 Å². The van der Waals surface area contributed by atoms with Gasteiger partial charge in [-0.1, -0.05) is 0 Å². The first-order valence-electron chi connectivity index (χ1n) is 5.97. The molecule has 1 aromatic carbocycles. The van der Waals surface area contributed by atoms with Gasteiger partial charge < -0.3 is 24.2 Å².